The predicted molar refractivity (Wildman–Crippen MR) is 204 cm³/mol. The van der Waals surface area contributed by atoms with E-state index in [1.54, 1.807) is 6.07 Å². The quantitative estimate of drug-likeness (QED) is 0.267. The Morgan fingerprint density at radius 3 is 2.16 bits per heavy atom. The Balaban J connectivity index is 0.722. The van der Waals surface area contributed by atoms with Gasteiger partial charge in [-0.05, 0) is 108 Å². The van der Waals surface area contributed by atoms with Crippen LogP contribution >= 0.6 is 0 Å². The number of phenols is 1. The zero-order valence-corrected chi connectivity index (χ0v) is 30.9. The number of benzene rings is 4. The van der Waals surface area contributed by atoms with E-state index in [9.17, 15) is 29.1 Å². The second-order valence-corrected chi connectivity index (χ2v) is 16.6. The van der Waals surface area contributed by atoms with Crippen molar-refractivity contribution in [2.45, 2.75) is 62.5 Å². The van der Waals surface area contributed by atoms with E-state index in [0.717, 1.165) is 60.5 Å². The number of nitrogens with one attached hydrogen (secondary N) is 1. The van der Waals surface area contributed by atoms with Gasteiger partial charge in [-0.25, -0.2) is 0 Å². The van der Waals surface area contributed by atoms with Crippen LogP contribution in [0.3, 0.4) is 0 Å². The summed E-state index contributed by atoms with van der Waals surface area (Å²) in [5, 5.41) is 12.4. The van der Waals surface area contributed by atoms with Crippen molar-refractivity contribution in [1.29, 1.82) is 0 Å². The summed E-state index contributed by atoms with van der Waals surface area (Å²) < 4.78 is 6.30. The second kappa shape index (κ2) is 13.2. The smallest absolute Gasteiger partial charge is 0.262 e. The lowest BCUT2D eigenvalue weighted by molar-refractivity contribution is -0.144. The Kier molecular flexibility index (Phi) is 8.14. The van der Waals surface area contributed by atoms with Crippen LogP contribution in [0.4, 0.5) is 0 Å². The molecule has 2 N–H and O–H groups in total. The van der Waals surface area contributed by atoms with E-state index < -0.39 is 29.7 Å². The maximum absolute atomic E-state index is 13.3. The minimum absolute atomic E-state index is 0.0253. The van der Waals surface area contributed by atoms with Gasteiger partial charge in [0.1, 0.15) is 23.6 Å². The Hall–Kier alpha value is -5.81. The molecule has 0 saturated carbocycles. The van der Waals surface area contributed by atoms with Gasteiger partial charge in [0.2, 0.25) is 17.7 Å². The van der Waals surface area contributed by atoms with E-state index in [-0.39, 0.29) is 36.2 Å². The van der Waals surface area contributed by atoms with Crippen LogP contribution in [0.15, 0.2) is 84.9 Å². The molecule has 284 valence electrons. The number of hydrogen-bond donors (Lipinski definition) is 2. The molecule has 4 aromatic rings. The first kappa shape index (κ1) is 34.7. The number of aryl methyl sites for hydroxylation is 1. The first-order chi connectivity index (χ1) is 27.1. The molecule has 3 saturated heterocycles. The van der Waals surface area contributed by atoms with Crippen LogP contribution in [0.2, 0.25) is 0 Å². The van der Waals surface area contributed by atoms with Crippen molar-refractivity contribution >= 4 is 29.5 Å². The van der Waals surface area contributed by atoms with Gasteiger partial charge in [0, 0.05) is 30.8 Å². The number of carbonyl (C=O) groups excluding carboxylic acids is 5. The molecule has 3 unspecified atom stereocenters. The summed E-state index contributed by atoms with van der Waals surface area (Å²) in [6, 6.07) is 27.4. The zero-order chi connectivity index (χ0) is 38.3. The number of rotatable bonds is 7. The first-order valence-corrected chi connectivity index (χ1v) is 19.6. The zero-order valence-electron chi connectivity index (χ0n) is 30.9. The molecule has 3 fully saturated rings. The Morgan fingerprint density at radius 1 is 0.786 bits per heavy atom. The molecule has 11 heteroatoms. The number of hydrogen-bond acceptors (Lipinski definition) is 8. The van der Waals surface area contributed by atoms with Gasteiger partial charge in [-0.3, -0.25) is 39.1 Å². The average Bonchev–Trinajstić information content (AvgIpc) is 3.65. The van der Waals surface area contributed by atoms with Crippen molar-refractivity contribution in [2.75, 3.05) is 32.7 Å². The molecule has 2 aliphatic carbocycles. The minimum Gasteiger partial charge on any atom is -0.508 e. The normalized spacial score (nSPS) is 24.0. The number of imide groups is 2. The van der Waals surface area contributed by atoms with Crippen LogP contribution in [0, 0.1) is 5.41 Å². The fourth-order valence-corrected chi connectivity index (χ4v) is 10.3. The van der Waals surface area contributed by atoms with Gasteiger partial charge in [-0.1, -0.05) is 48.5 Å². The molecule has 0 aromatic heterocycles. The molecule has 0 radical (unpaired) electrons. The highest BCUT2D eigenvalue weighted by molar-refractivity contribution is 6.23. The monoisotopic (exact) mass is 750 g/mol. The molecular weight excluding hydrogens is 709 g/mol. The van der Waals surface area contributed by atoms with Crippen LogP contribution in [0.25, 0.3) is 0 Å². The first-order valence-electron chi connectivity index (χ1n) is 19.6. The average molecular weight is 751 g/mol. The van der Waals surface area contributed by atoms with Crippen molar-refractivity contribution in [3.63, 3.8) is 0 Å². The van der Waals surface area contributed by atoms with E-state index in [1.165, 1.54) is 22.3 Å². The molecule has 0 bridgehead atoms. The lowest BCUT2D eigenvalue weighted by Gasteiger charge is -2.49. The van der Waals surface area contributed by atoms with Crippen molar-refractivity contribution < 1.29 is 33.8 Å². The number of ether oxygens (including phenoxy) is 1. The van der Waals surface area contributed by atoms with Crippen molar-refractivity contribution in [2.24, 2.45) is 5.41 Å². The van der Waals surface area contributed by atoms with E-state index >= 15 is 0 Å². The summed E-state index contributed by atoms with van der Waals surface area (Å²) in [6.07, 6.45) is 3.62. The molecule has 10 rings (SSSR count). The van der Waals surface area contributed by atoms with Gasteiger partial charge in [-0.15, -0.1) is 0 Å². The van der Waals surface area contributed by atoms with E-state index in [1.807, 2.05) is 35.2 Å². The van der Waals surface area contributed by atoms with Crippen molar-refractivity contribution in [1.82, 2.24) is 20.0 Å². The molecule has 4 heterocycles. The minimum atomic E-state index is -0.976. The SMILES string of the molecule is O=C1CCC(N2C(=O)c3cc4c(cc3C2=O)CC2(C4)CN(CC(=O)N3CC(Oc4ccc(C5c6ccc(O)cc6CCC5c5ccccc5)cc4)C3)C2)C(=O)N1. The lowest BCUT2D eigenvalue weighted by atomic mass is 9.69. The molecule has 4 aliphatic heterocycles. The number of piperidine rings is 1. The third kappa shape index (κ3) is 5.87. The fraction of sp³-hybridized carbons (Fsp3) is 0.356. The second-order valence-electron chi connectivity index (χ2n) is 16.6. The summed E-state index contributed by atoms with van der Waals surface area (Å²) in [5.74, 6) is -0.306. The van der Waals surface area contributed by atoms with Crippen LogP contribution in [0.5, 0.6) is 11.5 Å². The summed E-state index contributed by atoms with van der Waals surface area (Å²) in [4.78, 5) is 69.0. The Bertz CT molecular complexity index is 2270. The third-order valence-electron chi connectivity index (χ3n) is 12.9. The Morgan fingerprint density at radius 2 is 1.48 bits per heavy atom. The van der Waals surface area contributed by atoms with Gasteiger partial charge in [-0.2, -0.15) is 0 Å². The number of aromatic hydroxyl groups is 1. The van der Waals surface area contributed by atoms with Crippen LogP contribution < -0.4 is 10.1 Å². The molecule has 56 heavy (non-hydrogen) atoms. The molecule has 6 aliphatic rings. The Labute approximate surface area is 324 Å². The van der Waals surface area contributed by atoms with E-state index in [4.69, 9.17) is 4.74 Å². The standard InChI is InChI=1S/C45H42N4O7/c50-31-9-13-35-28(16-31)8-12-34(26-4-2-1-3-5-26)41(35)27-6-10-32(11-7-27)56-33-21-48(22-33)40(52)23-47-24-45(25-47)19-29-17-36-37(18-30(29)20-45)44(55)49(43(36)54)38-14-15-39(51)46-42(38)53/h1-7,9-11,13,16-18,33-34,38,41,50H,8,12,14-15,19-25H2,(H,46,51,53). The van der Waals surface area contributed by atoms with E-state index in [0.29, 0.717) is 42.4 Å². The topological polar surface area (TPSA) is 137 Å². The van der Waals surface area contributed by atoms with E-state index in [2.05, 4.69) is 58.7 Å². The summed E-state index contributed by atoms with van der Waals surface area (Å²) in [6.45, 7) is 2.96. The highest BCUT2D eigenvalue weighted by atomic mass is 16.5. The third-order valence-corrected chi connectivity index (χ3v) is 12.9. The molecule has 11 nitrogen and oxygen atoms in total. The van der Waals surface area contributed by atoms with Crippen LogP contribution in [-0.2, 0) is 33.6 Å². The van der Waals surface area contributed by atoms with Gasteiger partial charge < -0.3 is 14.7 Å². The molecule has 5 amide bonds. The van der Waals surface area contributed by atoms with Crippen molar-refractivity contribution in [3.05, 3.63) is 129 Å². The number of likely N-dealkylation sites (tertiary alicyclic amines) is 2. The number of nitrogens with zero attached hydrogens (tertiary/aromatic N) is 3. The number of carbonyl (C=O) groups is 5. The van der Waals surface area contributed by atoms with Gasteiger partial charge >= 0.3 is 0 Å². The lowest BCUT2D eigenvalue weighted by Crippen LogP contribution is -2.62. The molecule has 3 atom stereocenters. The van der Waals surface area contributed by atoms with Gasteiger partial charge in [0.05, 0.1) is 30.8 Å². The summed E-state index contributed by atoms with van der Waals surface area (Å²) in [7, 11) is 0. The largest absolute Gasteiger partial charge is 0.508 e. The van der Waals surface area contributed by atoms with Crippen LogP contribution in [-0.4, -0.2) is 94.2 Å². The molecule has 1 spiro atoms. The van der Waals surface area contributed by atoms with Crippen molar-refractivity contribution in [3.8, 4) is 11.5 Å². The highest BCUT2D eigenvalue weighted by Crippen LogP contribution is 2.48. The summed E-state index contributed by atoms with van der Waals surface area (Å²) in [5.41, 5.74) is 7.67. The number of amides is 5. The maximum atomic E-state index is 13.3. The highest BCUT2D eigenvalue weighted by Gasteiger charge is 2.50. The van der Waals surface area contributed by atoms with Gasteiger partial charge in [0.25, 0.3) is 11.8 Å². The predicted octanol–water partition coefficient (Wildman–Crippen LogP) is 4.35. The molecular formula is C45H42N4O7. The number of phenolic OH excluding ortho intramolecular Hbond substituents is 1. The number of fused-ring (bicyclic) bond motifs is 3. The molecule has 4 aromatic carbocycles. The fourth-order valence-electron chi connectivity index (χ4n) is 10.3. The van der Waals surface area contributed by atoms with Gasteiger partial charge in [0.15, 0.2) is 0 Å². The summed E-state index contributed by atoms with van der Waals surface area (Å²) >= 11 is 0. The van der Waals surface area contributed by atoms with Crippen LogP contribution in [0.1, 0.15) is 85.2 Å². The maximum Gasteiger partial charge on any atom is 0.262 e.